The minimum absolute atomic E-state index is 0.0845. The number of urea groups is 1. The van der Waals surface area contributed by atoms with Crippen molar-refractivity contribution < 1.29 is 14.4 Å². The van der Waals surface area contributed by atoms with Crippen molar-refractivity contribution in [1.82, 2.24) is 16.0 Å². The summed E-state index contributed by atoms with van der Waals surface area (Å²) >= 11 is 0. The molecule has 1 fully saturated rings. The van der Waals surface area contributed by atoms with E-state index in [-0.39, 0.29) is 5.91 Å². The second kappa shape index (κ2) is 7.55. The van der Waals surface area contributed by atoms with E-state index in [0.717, 1.165) is 12.8 Å². The second-order valence-electron chi connectivity index (χ2n) is 7.38. The molecule has 25 heavy (non-hydrogen) atoms. The Hall–Kier alpha value is -2.57. The summed E-state index contributed by atoms with van der Waals surface area (Å²) in [5, 5.41) is 10.9. The minimum atomic E-state index is -0.600. The van der Waals surface area contributed by atoms with Gasteiger partial charge in [0.25, 0.3) is 5.91 Å². The van der Waals surface area contributed by atoms with E-state index in [1.54, 1.807) is 31.2 Å². The number of rotatable bonds is 5. The molecule has 1 aliphatic rings. The van der Waals surface area contributed by atoms with Crippen molar-refractivity contribution in [3.63, 3.8) is 0 Å². The van der Waals surface area contributed by atoms with Gasteiger partial charge < -0.3 is 16.0 Å². The van der Waals surface area contributed by atoms with Crippen LogP contribution in [0.4, 0.5) is 10.5 Å². The number of hydrogen-bond acceptors (Lipinski definition) is 4. The zero-order chi connectivity index (χ0) is 18.6. The summed E-state index contributed by atoms with van der Waals surface area (Å²) in [5.41, 5.74) is 0.860. The van der Waals surface area contributed by atoms with E-state index in [1.165, 1.54) is 0 Å². The third-order valence-corrected chi connectivity index (χ3v) is 3.56. The number of nitrogens with one attached hydrogen (secondary N) is 4. The highest BCUT2D eigenvalue weighted by molar-refractivity contribution is 5.98. The Balaban J connectivity index is 1.84. The van der Waals surface area contributed by atoms with Gasteiger partial charge in [-0.1, -0.05) is 0 Å². The number of imide groups is 1. The Morgan fingerprint density at radius 3 is 2.20 bits per heavy atom. The predicted octanol–water partition coefficient (Wildman–Crippen LogP) is 2.00. The molecule has 1 unspecified atom stereocenters. The zero-order valence-electron chi connectivity index (χ0n) is 15.1. The van der Waals surface area contributed by atoms with Gasteiger partial charge in [-0.25, -0.2) is 4.79 Å². The molecule has 0 aromatic heterocycles. The molecule has 0 bridgehead atoms. The molecule has 0 radical (unpaired) electrons. The van der Waals surface area contributed by atoms with Crippen molar-refractivity contribution in [3.8, 4) is 0 Å². The summed E-state index contributed by atoms with van der Waals surface area (Å²) in [7, 11) is 0. The first-order chi connectivity index (χ1) is 11.6. The molecule has 0 spiro atoms. The fourth-order valence-electron chi connectivity index (χ4n) is 2.12. The van der Waals surface area contributed by atoms with E-state index in [2.05, 4.69) is 21.3 Å². The predicted molar refractivity (Wildman–Crippen MR) is 96.4 cm³/mol. The molecule has 0 aliphatic heterocycles. The highest BCUT2D eigenvalue weighted by Gasteiger charge is 2.24. The van der Waals surface area contributed by atoms with Gasteiger partial charge in [0, 0.05) is 22.8 Å². The number of carbonyl (C=O) groups is 3. The highest BCUT2D eigenvalue weighted by Crippen LogP contribution is 2.19. The largest absolute Gasteiger partial charge is 0.374 e. The van der Waals surface area contributed by atoms with Gasteiger partial charge in [-0.3, -0.25) is 14.9 Å². The van der Waals surface area contributed by atoms with Crippen LogP contribution in [0.15, 0.2) is 24.3 Å². The third-order valence-electron chi connectivity index (χ3n) is 3.56. The fraction of sp³-hybridized carbons (Fsp3) is 0.500. The Bertz CT molecular complexity index is 645. The van der Waals surface area contributed by atoms with Gasteiger partial charge >= 0.3 is 6.03 Å². The maximum atomic E-state index is 12.0. The lowest BCUT2D eigenvalue weighted by atomic mass is 10.1. The van der Waals surface area contributed by atoms with Crippen LogP contribution in [0.5, 0.6) is 0 Å². The Morgan fingerprint density at radius 1 is 1.08 bits per heavy atom. The van der Waals surface area contributed by atoms with Crippen LogP contribution in [-0.4, -0.2) is 35.5 Å². The number of hydrogen-bond donors (Lipinski definition) is 4. The van der Waals surface area contributed by atoms with Gasteiger partial charge in [0.05, 0.1) is 0 Å². The average Bonchev–Trinajstić information content (AvgIpc) is 3.29. The summed E-state index contributed by atoms with van der Waals surface area (Å²) in [4.78, 5) is 35.7. The first-order valence-electron chi connectivity index (χ1n) is 8.44. The van der Waals surface area contributed by atoms with Gasteiger partial charge in [0.1, 0.15) is 6.04 Å². The highest BCUT2D eigenvalue weighted by atomic mass is 16.2. The van der Waals surface area contributed by atoms with Gasteiger partial charge in [0.2, 0.25) is 5.91 Å². The van der Waals surface area contributed by atoms with Gasteiger partial charge in [-0.15, -0.1) is 0 Å². The van der Waals surface area contributed by atoms with Crippen LogP contribution in [0.3, 0.4) is 0 Å². The van der Waals surface area contributed by atoms with Crippen molar-refractivity contribution in [2.45, 2.75) is 58.2 Å². The van der Waals surface area contributed by atoms with Crippen LogP contribution in [0.2, 0.25) is 0 Å². The molecule has 1 aromatic rings. The summed E-state index contributed by atoms with van der Waals surface area (Å²) < 4.78 is 0. The molecular formula is C18H26N4O3. The van der Waals surface area contributed by atoms with Crippen LogP contribution >= 0.6 is 0 Å². The number of anilines is 1. The van der Waals surface area contributed by atoms with Gasteiger partial charge in [-0.2, -0.15) is 0 Å². The molecule has 4 amide bonds. The van der Waals surface area contributed by atoms with Crippen LogP contribution in [0.1, 0.15) is 50.9 Å². The monoisotopic (exact) mass is 346 g/mol. The molecule has 1 atom stereocenters. The van der Waals surface area contributed by atoms with Crippen molar-refractivity contribution in [3.05, 3.63) is 29.8 Å². The Kier molecular flexibility index (Phi) is 5.66. The summed E-state index contributed by atoms with van der Waals surface area (Å²) in [5.74, 6) is -0.518. The fourth-order valence-corrected chi connectivity index (χ4v) is 2.12. The lowest BCUT2D eigenvalue weighted by molar-refractivity contribution is -0.120. The van der Waals surface area contributed by atoms with Crippen molar-refractivity contribution in [2.75, 3.05) is 5.32 Å². The lowest BCUT2D eigenvalue weighted by Crippen LogP contribution is -2.51. The third kappa shape index (κ3) is 6.45. The van der Waals surface area contributed by atoms with E-state index < -0.39 is 23.5 Å². The van der Waals surface area contributed by atoms with Crippen LogP contribution in [0.25, 0.3) is 0 Å². The first-order valence-corrected chi connectivity index (χ1v) is 8.44. The Labute approximate surface area is 147 Å². The molecule has 0 heterocycles. The van der Waals surface area contributed by atoms with Gasteiger partial charge in [-0.05, 0) is 64.8 Å². The standard InChI is InChI=1S/C18H26N4O3/c1-11(15(23)21-17(25)22-18(2,3)4)19-13-7-5-12(6-8-13)16(24)20-14-9-10-14/h5-8,11,14,19H,9-10H2,1-4H3,(H,20,24)(H2,21,22,23,25). The zero-order valence-corrected chi connectivity index (χ0v) is 15.1. The molecule has 2 rings (SSSR count). The van der Waals surface area contributed by atoms with E-state index in [4.69, 9.17) is 0 Å². The number of amides is 4. The van der Waals surface area contributed by atoms with Crippen LogP contribution in [0, 0.1) is 0 Å². The minimum Gasteiger partial charge on any atom is -0.374 e. The smallest absolute Gasteiger partial charge is 0.321 e. The van der Waals surface area contributed by atoms with Crippen molar-refractivity contribution in [2.24, 2.45) is 0 Å². The average molecular weight is 346 g/mol. The van der Waals surface area contributed by atoms with Crippen LogP contribution in [-0.2, 0) is 4.79 Å². The molecular weight excluding hydrogens is 320 g/mol. The molecule has 7 heteroatoms. The van der Waals surface area contributed by atoms with E-state index in [9.17, 15) is 14.4 Å². The molecule has 1 aliphatic carbocycles. The molecule has 136 valence electrons. The number of benzene rings is 1. The number of carbonyl (C=O) groups excluding carboxylic acids is 3. The van der Waals surface area contributed by atoms with Gasteiger partial charge in [0.15, 0.2) is 0 Å². The molecule has 7 nitrogen and oxygen atoms in total. The summed E-state index contributed by atoms with van der Waals surface area (Å²) in [6.45, 7) is 7.16. The molecule has 1 aromatic carbocycles. The second-order valence-corrected chi connectivity index (χ2v) is 7.38. The molecule has 0 saturated heterocycles. The SMILES string of the molecule is CC(Nc1ccc(C(=O)NC2CC2)cc1)C(=O)NC(=O)NC(C)(C)C. The summed E-state index contributed by atoms with van der Waals surface area (Å²) in [6.07, 6.45) is 2.08. The first kappa shape index (κ1) is 18.8. The van der Waals surface area contributed by atoms with Crippen molar-refractivity contribution >= 4 is 23.5 Å². The van der Waals surface area contributed by atoms with E-state index in [0.29, 0.717) is 17.3 Å². The van der Waals surface area contributed by atoms with Crippen LogP contribution < -0.4 is 21.3 Å². The van der Waals surface area contributed by atoms with E-state index >= 15 is 0 Å². The van der Waals surface area contributed by atoms with Crippen molar-refractivity contribution in [1.29, 1.82) is 0 Å². The Morgan fingerprint density at radius 2 is 1.68 bits per heavy atom. The quantitative estimate of drug-likeness (QED) is 0.655. The molecule has 4 N–H and O–H groups in total. The van der Waals surface area contributed by atoms with E-state index in [1.807, 2.05) is 20.8 Å². The maximum absolute atomic E-state index is 12.0. The normalized spacial score (nSPS) is 15.0. The summed E-state index contributed by atoms with van der Waals surface area (Å²) in [6, 6.07) is 6.07. The lowest BCUT2D eigenvalue weighted by Gasteiger charge is -2.21. The molecule has 1 saturated carbocycles. The maximum Gasteiger partial charge on any atom is 0.321 e. The topological polar surface area (TPSA) is 99.3 Å².